The average Bonchev–Trinajstić information content (AvgIpc) is 2.36. The number of anilines is 1. The van der Waals surface area contributed by atoms with Crippen molar-refractivity contribution in [3.8, 4) is 0 Å². The van der Waals surface area contributed by atoms with Gasteiger partial charge >= 0.3 is 0 Å². The summed E-state index contributed by atoms with van der Waals surface area (Å²) in [6.07, 6.45) is 0.784. The van der Waals surface area contributed by atoms with E-state index in [2.05, 4.69) is 5.32 Å². The van der Waals surface area contributed by atoms with Gasteiger partial charge in [0.2, 0.25) is 0 Å². The molecule has 0 spiro atoms. The van der Waals surface area contributed by atoms with E-state index in [1.165, 1.54) is 12.1 Å². The SMILES string of the molecule is Cl.Fc1cc2c(cc1F)NCC2. The standard InChI is InChI=1S/C8H7F2N.ClH/c9-6-3-5-1-2-11-8(5)4-7(6)10;/h3-4,11H,1-2H2;1H. The van der Waals surface area contributed by atoms with Crippen LogP contribution in [0.25, 0.3) is 0 Å². The molecule has 1 aliphatic heterocycles. The van der Waals surface area contributed by atoms with Gasteiger partial charge in [-0.25, -0.2) is 8.78 Å². The molecular weight excluding hydrogens is 184 g/mol. The summed E-state index contributed by atoms with van der Waals surface area (Å²) >= 11 is 0. The van der Waals surface area contributed by atoms with E-state index in [-0.39, 0.29) is 12.4 Å². The molecule has 0 radical (unpaired) electrons. The summed E-state index contributed by atoms with van der Waals surface area (Å²) in [6, 6.07) is 2.46. The Morgan fingerprint density at radius 3 is 2.58 bits per heavy atom. The van der Waals surface area contributed by atoms with E-state index in [1.807, 2.05) is 0 Å². The number of halogens is 3. The number of benzene rings is 1. The zero-order valence-corrected chi connectivity index (χ0v) is 7.05. The van der Waals surface area contributed by atoms with Gasteiger partial charge in [0.15, 0.2) is 11.6 Å². The van der Waals surface area contributed by atoms with Crippen LogP contribution in [0.4, 0.5) is 14.5 Å². The van der Waals surface area contributed by atoms with Gasteiger partial charge < -0.3 is 5.32 Å². The molecule has 2 rings (SSSR count). The molecular formula is C8H8ClF2N. The highest BCUT2D eigenvalue weighted by Crippen LogP contribution is 2.24. The first kappa shape index (κ1) is 9.26. The first-order chi connectivity index (χ1) is 5.27. The Morgan fingerprint density at radius 2 is 1.83 bits per heavy atom. The quantitative estimate of drug-likeness (QED) is 0.664. The normalized spacial score (nSPS) is 13.2. The molecule has 0 aliphatic carbocycles. The van der Waals surface area contributed by atoms with Crippen molar-refractivity contribution in [3.63, 3.8) is 0 Å². The molecule has 0 aromatic heterocycles. The lowest BCUT2D eigenvalue weighted by atomic mass is 10.1. The molecule has 0 bridgehead atoms. The van der Waals surface area contributed by atoms with Crippen LogP contribution in [0.3, 0.4) is 0 Å². The molecule has 0 fully saturated rings. The van der Waals surface area contributed by atoms with Crippen molar-refractivity contribution in [2.75, 3.05) is 11.9 Å². The van der Waals surface area contributed by atoms with Crippen LogP contribution in [0.2, 0.25) is 0 Å². The zero-order chi connectivity index (χ0) is 7.84. The molecule has 0 atom stereocenters. The van der Waals surface area contributed by atoms with E-state index in [1.54, 1.807) is 0 Å². The van der Waals surface area contributed by atoms with Crippen molar-refractivity contribution in [3.05, 3.63) is 29.3 Å². The Balaban J connectivity index is 0.000000720. The lowest BCUT2D eigenvalue weighted by Gasteiger charge is -1.99. The van der Waals surface area contributed by atoms with Crippen LogP contribution in [-0.4, -0.2) is 6.54 Å². The van der Waals surface area contributed by atoms with Crippen molar-refractivity contribution in [2.24, 2.45) is 0 Å². The van der Waals surface area contributed by atoms with Crippen LogP contribution in [0.15, 0.2) is 12.1 Å². The van der Waals surface area contributed by atoms with Crippen molar-refractivity contribution >= 4 is 18.1 Å². The average molecular weight is 192 g/mol. The number of fused-ring (bicyclic) bond motifs is 1. The highest BCUT2D eigenvalue weighted by atomic mass is 35.5. The van der Waals surface area contributed by atoms with E-state index in [9.17, 15) is 8.78 Å². The maximum absolute atomic E-state index is 12.6. The Hall–Kier alpha value is -0.830. The minimum absolute atomic E-state index is 0. The molecule has 1 aromatic carbocycles. The summed E-state index contributed by atoms with van der Waals surface area (Å²) in [6.45, 7) is 0.776. The van der Waals surface area contributed by atoms with Crippen molar-refractivity contribution < 1.29 is 8.78 Å². The fraction of sp³-hybridized carbons (Fsp3) is 0.250. The second-order valence-corrected chi connectivity index (χ2v) is 2.60. The molecule has 1 nitrogen and oxygen atoms in total. The number of nitrogens with one attached hydrogen (secondary N) is 1. The summed E-state index contributed by atoms with van der Waals surface area (Å²) in [7, 11) is 0. The van der Waals surface area contributed by atoms with Crippen LogP contribution >= 0.6 is 12.4 Å². The zero-order valence-electron chi connectivity index (χ0n) is 6.23. The van der Waals surface area contributed by atoms with Gasteiger partial charge in [0, 0.05) is 18.3 Å². The monoisotopic (exact) mass is 191 g/mol. The van der Waals surface area contributed by atoms with Crippen LogP contribution < -0.4 is 5.32 Å². The van der Waals surface area contributed by atoms with Crippen molar-refractivity contribution in [1.29, 1.82) is 0 Å². The van der Waals surface area contributed by atoms with E-state index >= 15 is 0 Å². The molecule has 0 saturated heterocycles. The molecule has 0 unspecified atom stereocenters. The maximum Gasteiger partial charge on any atom is 0.160 e. The number of hydrogen-bond acceptors (Lipinski definition) is 1. The van der Waals surface area contributed by atoms with E-state index in [4.69, 9.17) is 0 Å². The third-order valence-corrected chi connectivity index (χ3v) is 1.86. The number of rotatable bonds is 0. The topological polar surface area (TPSA) is 12.0 Å². The first-order valence-corrected chi connectivity index (χ1v) is 3.49. The molecule has 12 heavy (non-hydrogen) atoms. The summed E-state index contributed by atoms with van der Waals surface area (Å²) in [4.78, 5) is 0. The van der Waals surface area contributed by atoms with Crippen LogP contribution in [0, 0.1) is 11.6 Å². The van der Waals surface area contributed by atoms with Crippen LogP contribution in [0.5, 0.6) is 0 Å². The van der Waals surface area contributed by atoms with Gasteiger partial charge in [-0.2, -0.15) is 0 Å². The Morgan fingerprint density at radius 1 is 1.17 bits per heavy atom. The van der Waals surface area contributed by atoms with Gasteiger partial charge in [-0.15, -0.1) is 12.4 Å². The van der Waals surface area contributed by atoms with Gasteiger partial charge in [0.1, 0.15) is 0 Å². The fourth-order valence-corrected chi connectivity index (χ4v) is 1.29. The lowest BCUT2D eigenvalue weighted by molar-refractivity contribution is 0.508. The maximum atomic E-state index is 12.6. The molecule has 0 amide bonds. The highest BCUT2D eigenvalue weighted by molar-refractivity contribution is 5.85. The molecule has 1 aromatic rings. The minimum atomic E-state index is -0.779. The van der Waals surface area contributed by atoms with E-state index in [0.29, 0.717) is 0 Å². The minimum Gasteiger partial charge on any atom is -0.384 e. The molecule has 66 valence electrons. The summed E-state index contributed by atoms with van der Waals surface area (Å²) < 4.78 is 25.1. The smallest absolute Gasteiger partial charge is 0.160 e. The Labute approximate surface area is 75.2 Å². The van der Waals surface area contributed by atoms with E-state index < -0.39 is 11.6 Å². The van der Waals surface area contributed by atoms with Crippen molar-refractivity contribution in [1.82, 2.24) is 0 Å². The van der Waals surface area contributed by atoms with Gasteiger partial charge in [0.25, 0.3) is 0 Å². The Kier molecular flexibility index (Phi) is 2.52. The second-order valence-electron chi connectivity index (χ2n) is 2.60. The van der Waals surface area contributed by atoms with Gasteiger partial charge in [-0.1, -0.05) is 0 Å². The lowest BCUT2D eigenvalue weighted by Crippen LogP contribution is -1.91. The summed E-state index contributed by atoms with van der Waals surface area (Å²) in [5, 5.41) is 2.96. The number of hydrogen-bond donors (Lipinski definition) is 1. The van der Waals surface area contributed by atoms with Crippen LogP contribution in [-0.2, 0) is 6.42 Å². The molecule has 1 aliphatic rings. The predicted octanol–water partition coefficient (Wildman–Crippen LogP) is 2.35. The van der Waals surface area contributed by atoms with Gasteiger partial charge in [-0.05, 0) is 18.1 Å². The third kappa shape index (κ3) is 1.37. The molecule has 1 heterocycles. The molecule has 0 saturated carbocycles. The van der Waals surface area contributed by atoms with Crippen LogP contribution in [0.1, 0.15) is 5.56 Å². The first-order valence-electron chi connectivity index (χ1n) is 3.49. The van der Waals surface area contributed by atoms with Crippen molar-refractivity contribution in [2.45, 2.75) is 6.42 Å². The highest BCUT2D eigenvalue weighted by Gasteiger charge is 2.13. The Bertz CT molecular complexity index is 272. The second kappa shape index (κ2) is 3.27. The van der Waals surface area contributed by atoms with Gasteiger partial charge in [-0.3, -0.25) is 0 Å². The molecule has 1 N–H and O–H groups in total. The predicted molar refractivity (Wildman–Crippen MR) is 45.8 cm³/mol. The fourth-order valence-electron chi connectivity index (χ4n) is 1.29. The summed E-state index contributed by atoms with van der Waals surface area (Å²) in [5.74, 6) is -1.54. The van der Waals surface area contributed by atoms with E-state index in [0.717, 1.165) is 24.2 Å². The summed E-state index contributed by atoms with van der Waals surface area (Å²) in [5.41, 5.74) is 1.59. The van der Waals surface area contributed by atoms with Gasteiger partial charge in [0.05, 0.1) is 0 Å². The molecule has 4 heteroatoms. The third-order valence-electron chi connectivity index (χ3n) is 1.86. The largest absolute Gasteiger partial charge is 0.384 e.